The van der Waals surface area contributed by atoms with Crippen LogP contribution in [-0.2, 0) is 0 Å². The predicted octanol–water partition coefficient (Wildman–Crippen LogP) is 11.8. The third-order valence-corrected chi connectivity index (χ3v) is 9.57. The zero-order valence-corrected chi connectivity index (χ0v) is 27.4. The molecule has 0 radical (unpaired) electrons. The molecular formula is C46H28N4O. The number of pyridine rings is 1. The maximum absolute atomic E-state index is 6.56. The average Bonchev–Trinajstić information content (AvgIpc) is 3.59. The molecule has 238 valence electrons. The lowest BCUT2D eigenvalue weighted by molar-refractivity contribution is 0.670. The van der Waals surface area contributed by atoms with Gasteiger partial charge in [-0.1, -0.05) is 127 Å². The highest BCUT2D eigenvalue weighted by Crippen LogP contribution is 2.41. The lowest BCUT2D eigenvalue weighted by Crippen LogP contribution is -2.00. The van der Waals surface area contributed by atoms with Crippen LogP contribution < -0.4 is 0 Å². The van der Waals surface area contributed by atoms with Gasteiger partial charge in [-0.05, 0) is 63.9 Å². The number of furan rings is 1. The lowest BCUT2D eigenvalue weighted by Gasteiger charge is -2.11. The molecule has 5 heteroatoms. The van der Waals surface area contributed by atoms with Gasteiger partial charge in [0, 0.05) is 44.6 Å². The van der Waals surface area contributed by atoms with Crippen LogP contribution >= 0.6 is 0 Å². The van der Waals surface area contributed by atoms with Crippen LogP contribution in [0.5, 0.6) is 0 Å². The summed E-state index contributed by atoms with van der Waals surface area (Å²) in [5.74, 6) is 1.90. The van der Waals surface area contributed by atoms with Crippen molar-refractivity contribution < 1.29 is 4.42 Å². The Balaban J connectivity index is 1.12. The largest absolute Gasteiger partial charge is 0.455 e. The molecule has 0 atom stereocenters. The van der Waals surface area contributed by atoms with Crippen molar-refractivity contribution in [2.24, 2.45) is 0 Å². The number of fused-ring (bicyclic) bond motifs is 6. The van der Waals surface area contributed by atoms with Gasteiger partial charge in [0.05, 0.1) is 5.52 Å². The van der Waals surface area contributed by atoms with Gasteiger partial charge in [0.2, 0.25) is 0 Å². The Kier molecular flexibility index (Phi) is 6.74. The van der Waals surface area contributed by atoms with E-state index in [9.17, 15) is 0 Å². The summed E-state index contributed by atoms with van der Waals surface area (Å²) in [6, 6.07) is 56.4. The minimum absolute atomic E-state index is 0.620. The Morgan fingerprint density at radius 1 is 0.373 bits per heavy atom. The van der Waals surface area contributed by atoms with Crippen molar-refractivity contribution in [3.63, 3.8) is 0 Å². The molecule has 0 aliphatic heterocycles. The Morgan fingerprint density at radius 2 is 0.941 bits per heavy atom. The molecule has 0 N–H and O–H groups in total. The van der Waals surface area contributed by atoms with E-state index in [-0.39, 0.29) is 0 Å². The quantitative estimate of drug-likeness (QED) is 0.173. The summed E-state index contributed by atoms with van der Waals surface area (Å²) in [5, 5.41) is 5.69. The number of hydrogen-bond donors (Lipinski definition) is 0. The minimum Gasteiger partial charge on any atom is -0.455 e. The first-order valence-corrected chi connectivity index (χ1v) is 17.0. The number of hydrogen-bond acceptors (Lipinski definition) is 5. The molecule has 0 saturated heterocycles. The summed E-state index contributed by atoms with van der Waals surface area (Å²) in [7, 11) is 0. The Bertz CT molecular complexity index is 2840. The van der Waals surface area contributed by atoms with Crippen molar-refractivity contribution in [1.82, 2.24) is 19.9 Å². The van der Waals surface area contributed by atoms with Crippen LogP contribution in [-0.4, -0.2) is 19.9 Å². The van der Waals surface area contributed by atoms with E-state index in [1.807, 2.05) is 85.1 Å². The van der Waals surface area contributed by atoms with Crippen LogP contribution in [0.3, 0.4) is 0 Å². The molecule has 0 fully saturated rings. The van der Waals surface area contributed by atoms with E-state index in [4.69, 9.17) is 19.4 Å². The second-order valence-corrected chi connectivity index (χ2v) is 12.7. The van der Waals surface area contributed by atoms with Gasteiger partial charge in [-0.25, -0.2) is 15.0 Å². The van der Waals surface area contributed by atoms with E-state index in [2.05, 4.69) is 89.9 Å². The maximum atomic E-state index is 6.56. The van der Waals surface area contributed by atoms with Crippen molar-refractivity contribution >= 4 is 43.6 Å². The van der Waals surface area contributed by atoms with E-state index in [0.717, 1.165) is 71.8 Å². The third-order valence-electron chi connectivity index (χ3n) is 9.57. The van der Waals surface area contributed by atoms with Crippen LogP contribution in [0.15, 0.2) is 174 Å². The average molecular weight is 653 g/mol. The smallest absolute Gasteiger partial charge is 0.164 e. The molecule has 0 unspecified atom stereocenters. The Morgan fingerprint density at radius 3 is 1.67 bits per heavy atom. The number of benzene rings is 7. The molecule has 10 rings (SSSR count). The molecule has 0 aliphatic carbocycles. The van der Waals surface area contributed by atoms with E-state index in [1.54, 1.807) is 0 Å². The van der Waals surface area contributed by atoms with Crippen LogP contribution in [0.4, 0.5) is 0 Å². The molecule has 0 bridgehead atoms. The molecule has 3 aromatic heterocycles. The Labute approximate surface area is 293 Å². The molecule has 7 aromatic carbocycles. The van der Waals surface area contributed by atoms with Gasteiger partial charge < -0.3 is 4.42 Å². The fourth-order valence-electron chi connectivity index (χ4n) is 7.01. The number of nitrogens with zero attached hydrogens (tertiary/aromatic N) is 4. The van der Waals surface area contributed by atoms with Crippen molar-refractivity contribution in [3.8, 4) is 56.4 Å². The second-order valence-electron chi connectivity index (χ2n) is 12.7. The molecule has 51 heavy (non-hydrogen) atoms. The fourth-order valence-corrected chi connectivity index (χ4v) is 7.01. The van der Waals surface area contributed by atoms with E-state index >= 15 is 0 Å². The SMILES string of the molecule is c1ccc(-c2nc(-c3ccccc3)nc(-c3ccc(-c4cc(-c5ccc6ccc7ncccc7c6c5)cc5c4oc4ccccc45)cc3)n2)cc1. The standard InChI is InChI=1S/C46H28N4O/c1-3-10-31(11-4-1)44-48-45(32-12-5-2-6-13-32)50-46(49-44)33-20-17-30(18-21-33)39-27-35(28-40-37-14-7-8-16-42(37)51-43(39)40)34-22-19-29-23-24-41-36(38(29)26-34)15-9-25-47-41/h1-28H. The topological polar surface area (TPSA) is 64.7 Å². The van der Waals surface area contributed by atoms with Crippen molar-refractivity contribution in [2.45, 2.75) is 0 Å². The first-order chi connectivity index (χ1) is 25.2. The molecule has 3 heterocycles. The van der Waals surface area contributed by atoms with Gasteiger partial charge in [-0.15, -0.1) is 0 Å². The summed E-state index contributed by atoms with van der Waals surface area (Å²) < 4.78 is 6.56. The number of para-hydroxylation sites is 1. The second kappa shape index (κ2) is 11.9. The zero-order valence-electron chi connectivity index (χ0n) is 27.4. The van der Waals surface area contributed by atoms with Crippen molar-refractivity contribution in [2.75, 3.05) is 0 Å². The third kappa shape index (κ3) is 5.11. The van der Waals surface area contributed by atoms with Gasteiger partial charge in [0.25, 0.3) is 0 Å². The van der Waals surface area contributed by atoms with Crippen LogP contribution in [0.1, 0.15) is 0 Å². The van der Waals surface area contributed by atoms with Gasteiger partial charge in [-0.2, -0.15) is 0 Å². The van der Waals surface area contributed by atoms with Crippen LogP contribution in [0.25, 0.3) is 100 Å². The molecule has 0 saturated carbocycles. The zero-order chi connectivity index (χ0) is 33.7. The predicted molar refractivity (Wildman–Crippen MR) is 207 cm³/mol. The maximum Gasteiger partial charge on any atom is 0.164 e. The van der Waals surface area contributed by atoms with E-state index < -0.39 is 0 Å². The van der Waals surface area contributed by atoms with Gasteiger partial charge in [0.1, 0.15) is 11.2 Å². The highest BCUT2D eigenvalue weighted by atomic mass is 16.3. The highest BCUT2D eigenvalue weighted by Gasteiger charge is 2.17. The molecule has 0 spiro atoms. The number of aromatic nitrogens is 4. The van der Waals surface area contributed by atoms with E-state index in [1.165, 1.54) is 10.8 Å². The summed E-state index contributed by atoms with van der Waals surface area (Å²) in [6.07, 6.45) is 1.85. The van der Waals surface area contributed by atoms with E-state index in [0.29, 0.717) is 17.5 Å². The summed E-state index contributed by atoms with van der Waals surface area (Å²) >= 11 is 0. The summed E-state index contributed by atoms with van der Waals surface area (Å²) in [4.78, 5) is 19.3. The monoisotopic (exact) mass is 652 g/mol. The minimum atomic E-state index is 0.620. The van der Waals surface area contributed by atoms with Crippen molar-refractivity contribution in [3.05, 3.63) is 170 Å². The molecule has 5 nitrogen and oxygen atoms in total. The molecular weight excluding hydrogens is 625 g/mol. The highest BCUT2D eigenvalue weighted by molar-refractivity contribution is 6.12. The van der Waals surface area contributed by atoms with Crippen molar-refractivity contribution in [1.29, 1.82) is 0 Å². The van der Waals surface area contributed by atoms with Gasteiger partial charge in [0.15, 0.2) is 17.5 Å². The normalized spacial score (nSPS) is 11.5. The van der Waals surface area contributed by atoms with Crippen LogP contribution in [0.2, 0.25) is 0 Å². The van der Waals surface area contributed by atoms with Crippen LogP contribution in [0, 0.1) is 0 Å². The Hall–Kier alpha value is -6.98. The van der Waals surface area contributed by atoms with Gasteiger partial charge in [-0.3, -0.25) is 4.98 Å². The van der Waals surface area contributed by atoms with Gasteiger partial charge >= 0.3 is 0 Å². The lowest BCUT2D eigenvalue weighted by atomic mass is 9.93. The first kappa shape index (κ1) is 29.0. The summed E-state index contributed by atoms with van der Waals surface area (Å²) in [5.41, 5.74) is 9.83. The molecule has 0 aliphatic rings. The summed E-state index contributed by atoms with van der Waals surface area (Å²) in [6.45, 7) is 0. The molecule has 10 aromatic rings. The number of rotatable bonds is 5. The molecule has 0 amide bonds. The first-order valence-electron chi connectivity index (χ1n) is 17.0. The fraction of sp³-hybridized carbons (Fsp3) is 0.